The number of alkyl halides is 4. The minimum Gasteiger partial charge on any atom is -0.351 e. The molecule has 0 radical (unpaired) electrons. The first-order valence-electron chi connectivity index (χ1n) is 2.35. The maximum atomic E-state index is 8.83. The van der Waals surface area contributed by atoms with Crippen molar-refractivity contribution in [1.29, 1.82) is 0 Å². The van der Waals surface area contributed by atoms with Gasteiger partial charge in [0.2, 0.25) is 0 Å². The van der Waals surface area contributed by atoms with Crippen molar-refractivity contribution in [1.82, 2.24) is 0 Å². The van der Waals surface area contributed by atoms with Gasteiger partial charge in [-0.05, 0) is 6.92 Å². The highest BCUT2D eigenvalue weighted by Gasteiger charge is 2.48. The maximum Gasteiger partial charge on any atom is 0.274 e. The molecule has 62 valence electrons. The quantitative estimate of drug-likeness (QED) is 0.604. The summed E-state index contributed by atoms with van der Waals surface area (Å²) in [5.74, 6) is 0. The van der Waals surface area contributed by atoms with Crippen LogP contribution in [0.4, 0.5) is 0 Å². The van der Waals surface area contributed by atoms with Gasteiger partial charge in [0.15, 0.2) is 3.78 Å². The maximum absolute atomic E-state index is 8.83. The summed E-state index contributed by atoms with van der Waals surface area (Å²) in [7, 11) is 0. The largest absolute Gasteiger partial charge is 0.351 e. The van der Waals surface area contributed by atoms with E-state index in [9.17, 15) is 0 Å². The molecule has 0 bridgehead atoms. The lowest BCUT2D eigenvalue weighted by Crippen LogP contribution is -2.45. The van der Waals surface area contributed by atoms with Crippen LogP contribution in [0, 0.1) is 0 Å². The van der Waals surface area contributed by atoms with Gasteiger partial charge in [-0.25, -0.2) is 0 Å². The molecule has 0 amide bonds. The van der Waals surface area contributed by atoms with Gasteiger partial charge < -0.3 is 10.2 Å². The Balaban J connectivity index is 4.40. The Hall–Kier alpha value is 1.46. The van der Waals surface area contributed by atoms with E-state index in [1.165, 1.54) is 0 Å². The van der Waals surface area contributed by atoms with Gasteiger partial charge in [-0.15, -0.1) is 0 Å². The normalized spacial score (nSPS) is 21.9. The first-order chi connectivity index (χ1) is 4.19. The SMILES string of the molecule is CC(Br)C(Cl)(Br)C(O)(O)Cl. The van der Waals surface area contributed by atoms with Gasteiger partial charge in [-0.3, -0.25) is 0 Å². The van der Waals surface area contributed by atoms with Gasteiger partial charge in [0.25, 0.3) is 5.25 Å². The third kappa shape index (κ3) is 2.50. The molecule has 0 aliphatic heterocycles. The summed E-state index contributed by atoms with van der Waals surface area (Å²) in [6.07, 6.45) is 0. The fourth-order valence-corrected chi connectivity index (χ4v) is 0.868. The number of halogens is 4. The summed E-state index contributed by atoms with van der Waals surface area (Å²) >= 11 is 16.6. The molecule has 10 heavy (non-hydrogen) atoms. The van der Waals surface area contributed by atoms with Crippen LogP contribution in [0.5, 0.6) is 0 Å². The van der Waals surface area contributed by atoms with Crippen LogP contribution >= 0.6 is 55.1 Å². The molecule has 0 spiro atoms. The summed E-state index contributed by atoms with van der Waals surface area (Å²) in [5, 5.41) is 15.2. The van der Waals surface area contributed by atoms with Gasteiger partial charge in [-0.1, -0.05) is 55.1 Å². The van der Waals surface area contributed by atoms with Crippen LogP contribution in [-0.2, 0) is 0 Å². The van der Waals surface area contributed by atoms with Crippen molar-refractivity contribution >= 4 is 55.1 Å². The fraction of sp³-hybridized carbons (Fsp3) is 1.00. The van der Waals surface area contributed by atoms with Gasteiger partial charge in [-0.2, -0.15) is 0 Å². The molecule has 2 atom stereocenters. The van der Waals surface area contributed by atoms with E-state index in [2.05, 4.69) is 31.9 Å². The highest BCUT2D eigenvalue weighted by Crippen LogP contribution is 2.42. The third-order valence-corrected chi connectivity index (χ3v) is 4.94. The van der Waals surface area contributed by atoms with Crippen molar-refractivity contribution in [3.63, 3.8) is 0 Å². The van der Waals surface area contributed by atoms with Gasteiger partial charge in [0.1, 0.15) is 0 Å². The van der Waals surface area contributed by atoms with Crippen LogP contribution in [0.1, 0.15) is 6.92 Å². The molecule has 6 heteroatoms. The van der Waals surface area contributed by atoms with Gasteiger partial charge in [0, 0.05) is 4.83 Å². The van der Waals surface area contributed by atoms with Gasteiger partial charge >= 0.3 is 0 Å². The van der Waals surface area contributed by atoms with Crippen LogP contribution in [-0.4, -0.2) is 24.1 Å². The van der Waals surface area contributed by atoms with E-state index in [0.29, 0.717) is 0 Å². The Morgan fingerprint density at radius 3 is 1.70 bits per heavy atom. The van der Waals surface area contributed by atoms with Crippen molar-refractivity contribution in [2.24, 2.45) is 0 Å². The molecular weight excluding hydrogens is 311 g/mol. The fourth-order valence-electron chi connectivity index (χ4n) is 0.253. The van der Waals surface area contributed by atoms with Crippen molar-refractivity contribution in [2.75, 3.05) is 0 Å². The first kappa shape index (κ1) is 11.5. The number of hydrogen-bond acceptors (Lipinski definition) is 2. The van der Waals surface area contributed by atoms with Crippen LogP contribution in [0.2, 0.25) is 0 Å². The van der Waals surface area contributed by atoms with Crippen molar-refractivity contribution < 1.29 is 10.2 Å². The molecule has 0 heterocycles. The van der Waals surface area contributed by atoms with E-state index in [1.54, 1.807) is 6.92 Å². The second-order valence-electron chi connectivity index (χ2n) is 1.83. The minimum atomic E-state index is -2.47. The molecule has 2 N–H and O–H groups in total. The number of hydrogen-bond donors (Lipinski definition) is 2. The molecule has 0 aromatic carbocycles. The molecule has 2 nitrogen and oxygen atoms in total. The van der Waals surface area contributed by atoms with Crippen molar-refractivity contribution in [3.8, 4) is 0 Å². The third-order valence-electron chi connectivity index (χ3n) is 0.924. The average Bonchev–Trinajstić information content (AvgIpc) is 1.62. The van der Waals surface area contributed by atoms with Crippen molar-refractivity contribution in [2.45, 2.75) is 20.8 Å². The average molecular weight is 317 g/mol. The molecule has 0 aromatic heterocycles. The lowest BCUT2D eigenvalue weighted by Gasteiger charge is -2.30. The Morgan fingerprint density at radius 2 is 1.70 bits per heavy atom. The minimum absolute atomic E-state index is 0.380. The highest BCUT2D eigenvalue weighted by molar-refractivity contribution is 9.13. The summed E-state index contributed by atoms with van der Waals surface area (Å²) in [5.41, 5.74) is 0. The zero-order chi connectivity index (χ0) is 8.58. The summed E-state index contributed by atoms with van der Waals surface area (Å²) in [6, 6.07) is 0. The van der Waals surface area contributed by atoms with E-state index in [1.807, 2.05) is 0 Å². The number of rotatable bonds is 2. The molecule has 0 saturated carbocycles. The molecule has 0 fully saturated rings. The topological polar surface area (TPSA) is 40.5 Å². The van der Waals surface area contributed by atoms with Crippen LogP contribution < -0.4 is 0 Å². The Morgan fingerprint density at radius 1 is 1.40 bits per heavy atom. The summed E-state index contributed by atoms with van der Waals surface area (Å²) < 4.78 is -1.48. The van der Waals surface area contributed by atoms with Crippen molar-refractivity contribution in [3.05, 3.63) is 0 Å². The Labute approximate surface area is 85.8 Å². The zero-order valence-corrected chi connectivity index (χ0v) is 9.67. The lowest BCUT2D eigenvalue weighted by atomic mass is 10.3. The molecule has 0 aliphatic rings. The molecular formula is C4H6Br2Cl2O2. The smallest absolute Gasteiger partial charge is 0.274 e. The van der Waals surface area contributed by atoms with Crippen LogP contribution in [0.15, 0.2) is 0 Å². The first-order valence-corrected chi connectivity index (χ1v) is 4.81. The molecule has 0 saturated heterocycles. The highest BCUT2D eigenvalue weighted by atomic mass is 79.9. The Bertz CT molecular complexity index is 121. The second-order valence-corrected chi connectivity index (χ2v) is 6.03. The van der Waals surface area contributed by atoms with E-state index in [0.717, 1.165) is 0 Å². The predicted molar refractivity (Wildman–Crippen MR) is 48.9 cm³/mol. The number of aliphatic hydroxyl groups is 2. The summed E-state index contributed by atoms with van der Waals surface area (Å²) in [6.45, 7) is 1.63. The molecule has 0 aliphatic carbocycles. The van der Waals surface area contributed by atoms with E-state index in [4.69, 9.17) is 33.4 Å². The lowest BCUT2D eigenvalue weighted by molar-refractivity contribution is -0.0913. The van der Waals surface area contributed by atoms with Crippen LogP contribution in [0.25, 0.3) is 0 Å². The predicted octanol–water partition coefficient (Wildman–Crippen LogP) is 1.98. The molecule has 0 aromatic rings. The standard InChI is InChI=1S/C4H6Br2Cl2O2/c1-2(5)3(6,7)4(8,9)10/h2,9-10H,1H3. The van der Waals surface area contributed by atoms with Gasteiger partial charge in [0.05, 0.1) is 0 Å². The Kier molecular flexibility index (Phi) is 3.96. The monoisotopic (exact) mass is 314 g/mol. The second kappa shape index (κ2) is 3.46. The molecule has 2 unspecified atom stereocenters. The summed E-state index contributed by atoms with van der Waals surface area (Å²) in [4.78, 5) is -0.380. The van der Waals surface area contributed by atoms with E-state index in [-0.39, 0.29) is 4.83 Å². The zero-order valence-electron chi connectivity index (χ0n) is 4.98. The van der Waals surface area contributed by atoms with Crippen LogP contribution in [0.3, 0.4) is 0 Å². The van der Waals surface area contributed by atoms with E-state index < -0.39 is 9.03 Å². The molecule has 0 rings (SSSR count). The van der Waals surface area contributed by atoms with E-state index >= 15 is 0 Å².